The van der Waals surface area contributed by atoms with Gasteiger partial charge in [-0.25, -0.2) is 0 Å². The Morgan fingerprint density at radius 1 is 0.682 bits per heavy atom. The average Bonchev–Trinajstić information content (AvgIpc) is 3.80. The average molecular weight is 580 g/mol. The first-order valence-corrected chi connectivity index (χ1v) is 15.7. The molecule has 4 amide bonds. The van der Waals surface area contributed by atoms with E-state index in [9.17, 15) is 19.2 Å². The summed E-state index contributed by atoms with van der Waals surface area (Å²) in [6.45, 7) is 0.197. The molecule has 216 valence electrons. The van der Waals surface area contributed by atoms with Crippen LogP contribution in [0.5, 0.6) is 0 Å². The molecule has 2 saturated heterocycles. The van der Waals surface area contributed by atoms with Gasteiger partial charge >= 0.3 is 0 Å². The lowest BCUT2D eigenvalue weighted by molar-refractivity contribution is -0.141. The van der Waals surface area contributed by atoms with Crippen LogP contribution in [0.4, 0.5) is 0 Å². The Morgan fingerprint density at radius 3 is 1.86 bits per heavy atom. The number of carbonyl (C=O) groups excluding carboxylic acids is 4. The van der Waals surface area contributed by atoms with Crippen LogP contribution >= 0.6 is 0 Å². The van der Waals surface area contributed by atoms with Crippen molar-refractivity contribution in [1.29, 1.82) is 0 Å². The van der Waals surface area contributed by atoms with E-state index in [-0.39, 0.29) is 59.8 Å². The minimum Gasteiger partial charge on any atom is -0.278 e. The number of carbonyl (C=O) groups is 4. The summed E-state index contributed by atoms with van der Waals surface area (Å²) in [6.07, 6.45) is 7.08. The van der Waals surface area contributed by atoms with Crippen LogP contribution in [-0.4, -0.2) is 39.8 Å². The highest BCUT2D eigenvalue weighted by molar-refractivity contribution is 6.12. The second kappa shape index (κ2) is 8.29. The first-order chi connectivity index (χ1) is 21.5. The van der Waals surface area contributed by atoms with Gasteiger partial charge in [0.15, 0.2) is 0 Å². The SMILES string of the molecule is O=C1[C@@H]2C3c4ccccc4C(/C=N\N4C(=O)[C@@H]5[C@H]6C=C[C@@H]([C@@H]7C[C@H]67)[C@H]5C4=O)(c4ccccc43)[C@H]2C(=O)N1Cc1ccccc1. The lowest BCUT2D eigenvalue weighted by atomic mass is 9.47. The number of amides is 4. The molecule has 3 aromatic carbocycles. The number of hydrazone groups is 1. The molecule has 9 aliphatic rings. The maximum absolute atomic E-state index is 14.5. The highest BCUT2D eigenvalue weighted by Crippen LogP contribution is 2.66. The molecule has 7 aliphatic carbocycles. The van der Waals surface area contributed by atoms with Crippen molar-refractivity contribution in [3.05, 3.63) is 119 Å². The minimum absolute atomic E-state index is 0.0985. The molecule has 44 heavy (non-hydrogen) atoms. The fourth-order valence-electron chi connectivity index (χ4n) is 10.2. The number of nitrogens with zero attached hydrogens (tertiary/aromatic N) is 3. The number of imide groups is 2. The molecule has 7 heteroatoms. The van der Waals surface area contributed by atoms with Gasteiger partial charge in [0.1, 0.15) is 0 Å². The van der Waals surface area contributed by atoms with Crippen LogP contribution in [0.25, 0.3) is 0 Å². The number of hydrogen-bond acceptors (Lipinski definition) is 5. The Bertz CT molecular complexity index is 1810. The van der Waals surface area contributed by atoms with Crippen molar-refractivity contribution in [2.75, 3.05) is 0 Å². The van der Waals surface area contributed by atoms with Gasteiger partial charge in [-0.2, -0.15) is 10.1 Å². The van der Waals surface area contributed by atoms with Crippen molar-refractivity contribution < 1.29 is 19.2 Å². The van der Waals surface area contributed by atoms with Gasteiger partial charge in [-0.15, -0.1) is 0 Å². The van der Waals surface area contributed by atoms with E-state index in [1.807, 2.05) is 78.9 Å². The zero-order valence-corrected chi connectivity index (χ0v) is 23.8. The Labute approximate surface area is 254 Å². The topological polar surface area (TPSA) is 87.1 Å². The predicted molar refractivity (Wildman–Crippen MR) is 160 cm³/mol. The van der Waals surface area contributed by atoms with Gasteiger partial charge in [0.25, 0.3) is 11.8 Å². The summed E-state index contributed by atoms with van der Waals surface area (Å²) in [4.78, 5) is 58.0. The van der Waals surface area contributed by atoms with Crippen LogP contribution in [0.2, 0.25) is 0 Å². The fourth-order valence-corrected chi connectivity index (χ4v) is 10.2. The fraction of sp³-hybridized carbons (Fsp3) is 0.324. The summed E-state index contributed by atoms with van der Waals surface area (Å²) in [5, 5.41) is 5.87. The number of rotatable bonds is 4. The standard InChI is InChI=1S/C37H29N3O4/c41-33-31-28-22-10-4-6-12-26(22)37(27-13-7-5-11-23(27)28,32(31)36(44)39(33)17-19-8-2-1-3-9-19)18-38-40-34(42)29-20-14-15-21(25-16-24(20)25)30(29)35(40)43/h1-15,18,20-21,24-25,28-32H,16-17H2/b38-18-/t20-,21-,24-,25+,28?,29+,30+,31+,32+,37?/m0/s1. The van der Waals surface area contributed by atoms with Crippen LogP contribution in [-0.2, 0) is 31.1 Å². The van der Waals surface area contributed by atoms with Crippen molar-refractivity contribution >= 4 is 29.8 Å². The highest BCUT2D eigenvalue weighted by Gasteiger charge is 2.69. The molecule has 8 atom stereocenters. The Hall–Kier alpha value is -4.65. The first kappa shape index (κ1) is 24.8. The number of benzene rings is 3. The van der Waals surface area contributed by atoms with Crippen LogP contribution in [0, 0.1) is 47.3 Å². The Kier molecular flexibility index (Phi) is 4.66. The van der Waals surface area contributed by atoms with Crippen molar-refractivity contribution in [3.8, 4) is 0 Å². The minimum atomic E-state index is -1.11. The van der Waals surface area contributed by atoms with Crippen molar-refractivity contribution in [1.82, 2.24) is 9.91 Å². The molecule has 0 spiro atoms. The smallest absolute Gasteiger partial charge is 0.254 e. The van der Waals surface area contributed by atoms with Crippen molar-refractivity contribution in [2.45, 2.75) is 24.3 Å². The molecular weight excluding hydrogens is 550 g/mol. The molecule has 0 unspecified atom stereocenters. The van der Waals surface area contributed by atoms with E-state index in [2.05, 4.69) is 12.2 Å². The van der Waals surface area contributed by atoms with Gasteiger partial charge < -0.3 is 0 Å². The lowest BCUT2D eigenvalue weighted by Gasteiger charge is -2.52. The van der Waals surface area contributed by atoms with E-state index in [4.69, 9.17) is 5.10 Å². The third-order valence-electron chi connectivity index (χ3n) is 12.0. The molecule has 4 fully saturated rings. The summed E-state index contributed by atoms with van der Waals surface area (Å²) in [7, 11) is 0. The van der Waals surface area contributed by atoms with Gasteiger partial charge in [-0.3, -0.25) is 24.1 Å². The molecule has 2 saturated carbocycles. The maximum Gasteiger partial charge on any atom is 0.254 e. The number of allylic oxidation sites excluding steroid dienone is 2. The highest BCUT2D eigenvalue weighted by atomic mass is 16.2. The molecule has 12 rings (SSSR count). The van der Waals surface area contributed by atoms with Gasteiger partial charge in [-0.05, 0) is 57.9 Å². The summed E-state index contributed by atoms with van der Waals surface area (Å²) < 4.78 is 0. The monoisotopic (exact) mass is 579 g/mol. The number of likely N-dealkylation sites (tertiary alicyclic amines) is 1. The molecule has 4 bridgehead atoms. The third-order valence-corrected chi connectivity index (χ3v) is 12.0. The van der Waals surface area contributed by atoms with Crippen molar-refractivity contribution in [3.63, 3.8) is 0 Å². The van der Waals surface area contributed by atoms with Crippen LogP contribution in [0.3, 0.4) is 0 Å². The summed E-state index contributed by atoms with van der Waals surface area (Å²) >= 11 is 0. The Balaban J connectivity index is 1.13. The first-order valence-electron chi connectivity index (χ1n) is 15.7. The van der Waals surface area contributed by atoms with E-state index in [1.54, 1.807) is 6.21 Å². The quantitative estimate of drug-likeness (QED) is 0.263. The van der Waals surface area contributed by atoms with Crippen LogP contribution in [0.1, 0.15) is 40.2 Å². The van der Waals surface area contributed by atoms with E-state index in [0.717, 1.165) is 39.2 Å². The molecule has 2 heterocycles. The number of hydrogen-bond donors (Lipinski definition) is 0. The van der Waals surface area contributed by atoms with E-state index in [1.165, 1.54) is 4.90 Å². The van der Waals surface area contributed by atoms with Gasteiger partial charge in [-0.1, -0.05) is 91.0 Å². The normalized spacial score (nSPS) is 38.2. The molecule has 0 aromatic heterocycles. The Morgan fingerprint density at radius 2 is 1.25 bits per heavy atom. The predicted octanol–water partition coefficient (Wildman–Crippen LogP) is 4.27. The second-order valence-electron chi connectivity index (χ2n) is 13.7. The molecule has 2 aliphatic heterocycles. The molecule has 3 aromatic rings. The largest absolute Gasteiger partial charge is 0.278 e. The van der Waals surface area contributed by atoms with E-state index < -0.39 is 17.3 Å². The van der Waals surface area contributed by atoms with Gasteiger partial charge in [0.05, 0.1) is 35.6 Å². The van der Waals surface area contributed by atoms with E-state index >= 15 is 0 Å². The second-order valence-corrected chi connectivity index (χ2v) is 13.7. The molecule has 7 nitrogen and oxygen atoms in total. The molecule has 0 N–H and O–H groups in total. The third kappa shape index (κ3) is 2.82. The van der Waals surface area contributed by atoms with Gasteiger partial charge in [0.2, 0.25) is 11.8 Å². The zero-order valence-electron chi connectivity index (χ0n) is 23.8. The van der Waals surface area contributed by atoms with Crippen LogP contribution in [0.15, 0.2) is 96.1 Å². The molecular formula is C37H29N3O4. The molecule has 0 radical (unpaired) electrons. The van der Waals surface area contributed by atoms with Crippen LogP contribution < -0.4 is 0 Å². The summed E-state index contributed by atoms with van der Waals surface area (Å²) in [5.74, 6) is -2.04. The summed E-state index contributed by atoms with van der Waals surface area (Å²) in [5.41, 5.74) is 3.59. The maximum atomic E-state index is 14.5. The van der Waals surface area contributed by atoms with E-state index in [0.29, 0.717) is 11.8 Å². The van der Waals surface area contributed by atoms with Crippen molar-refractivity contribution in [2.24, 2.45) is 52.4 Å². The van der Waals surface area contributed by atoms with Gasteiger partial charge in [0, 0.05) is 12.1 Å². The summed E-state index contributed by atoms with van der Waals surface area (Å²) in [6, 6.07) is 25.5. The lowest BCUT2D eigenvalue weighted by Crippen LogP contribution is -2.55. The zero-order chi connectivity index (χ0) is 29.5.